The average Bonchev–Trinajstić information content (AvgIpc) is 2.84. The van der Waals surface area contributed by atoms with Crippen LogP contribution in [0.2, 0.25) is 0 Å². The Hall–Kier alpha value is -3.11. The number of nitrogens with zero attached hydrogens (tertiary/aromatic N) is 5. The Morgan fingerprint density at radius 1 is 1.09 bits per heavy atom. The molecule has 4 rings (SSSR count). The highest BCUT2D eigenvalue weighted by molar-refractivity contribution is 5.79. The molecule has 1 amide bonds. The second-order valence-electron chi connectivity index (χ2n) is 8.53. The summed E-state index contributed by atoms with van der Waals surface area (Å²) in [7, 11) is 0. The lowest BCUT2D eigenvalue weighted by molar-refractivity contribution is -0.138. The number of rotatable bonds is 6. The number of ether oxygens (including phenoxy) is 1. The van der Waals surface area contributed by atoms with Crippen LogP contribution in [0.1, 0.15) is 44.6 Å². The minimum atomic E-state index is -4.45. The zero-order chi connectivity index (χ0) is 24.1. The summed E-state index contributed by atoms with van der Waals surface area (Å²) in [6.07, 6.45) is 0.916. The van der Waals surface area contributed by atoms with E-state index in [1.54, 1.807) is 6.92 Å². The van der Waals surface area contributed by atoms with Crippen molar-refractivity contribution in [3.05, 3.63) is 29.8 Å². The Balaban J connectivity index is 1.47. The van der Waals surface area contributed by atoms with Gasteiger partial charge in [-0.05, 0) is 38.0 Å². The normalized spacial score (nSPS) is 17.5. The summed E-state index contributed by atoms with van der Waals surface area (Å²) in [5, 5.41) is 2.83. The van der Waals surface area contributed by atoms with Crippen molar-refractivity contribution >= 4 is 23.5 Å². The van der Waals surface area contributed by atoms with E-state index in [2.05, 4.69) is 20.3 Å². The number of piperazine rings is 1. The molecule has 2 aromatic rings. The molecular weight excluding hydrogens is 449 g/mol. The van der Waals surface area contributed by atoms with Crippen LogP contribution in [0, 0.1) is 5.92 Å². The highest BCUT2D eigenvalue weighted by Crippen LogP contribution is 2.31. The lowest BCUT2D eigenvalue weighted by atomic mass is 9.88. The summed E-state index contributed by atoms with van der Waals surface area (Å²) in [5.74, 6) is 0.813. The molecule has 2 aliphatic rings. The van der Waals surface area contributed by atoms with Crippen LogP contribution >= 0.6 is 0 Å². The number of alkyl halides is 3. The first-order valence-corrected chi connectivity index (χ1v) is 11.7. The monoisotopic (exact) mass is 478 g/mol. The number of halogens is 3. The van der Waals surface area contributed by atoms with E-state index in [0.29, 0.717) is 38.7 Å². The van der Waals surface area contributed by atoms with Crippen LogP contribution in [0.4, 0.5) is 30.8 Å². The number of carbonyl (C=O) groups excluding carboxylic acids is 1. The number of nitrogens with one attached hydrogen (secondary N) is 1. The van der Waals surface area contributed by atoms with Gasteiger partial charge in [0.25, 0.3) is 0 Å². The van der Waals surface area contributed by atoms with Crippen molar-refractivity contribution in [3.8, 4) is 6.01 Å². The van der Waals surface area contributed by atoms with Crippen LogP contribution in [0.25, 0.3) is 0 Å². The fraction of sp³-hybridized carbons (Fsp3) is 0.565. The van der Waals surface area contributed by atoms with Crippen LogP contribution in [-0.2, 0) is 11.0 Å². The van der Waals surface area contributed by atoms with E-state index in [4.69, 9.17) is 4.74 Å². The van der Waals surface area contributed by atoms with Crippen molar-refractivity contribution in [1.82, 2.24) is 19.9 Å². The molecule has 1 aliphatic heterocycles. The minimum absolute atomic E-state index is 0.0858. The van der Waals surface area contributed by atoms with Crippen LogP contribution < -0.4 is 15.0 Å². The van der Waals surface area contributed by atoms with Gasteiger partial charge in [0, 0.05) is 37.8 Å². The molecule has 1 saturated carbocycles. The molecule has 0 radical (unpaired) electrons. The van der Waals surface area contributed by atoms with Gasteiger partial charge in [-0.15, -0.1) is 0 Å². The van der Waals surface area contributed by atoms with Gasteiger partial charge < -0.3 is 19.9 Å². The third kappa shape index (κ3) is 5.87. The van der Waals surface area contributed by atoms with Crippen LogP contribution in [0.15, 0.2) is 24.3 Å². The van der Waals surface area contributed by atoms with Gasteiger partial charge in [0.2, 0.25) is 17.8 Å². The van der Waals surface area contributed by atoms with Gasteiger partial charge in [0.15, 0.2) is 0 Å². The van der Waals surface area contributed by atoms with E-state index in [0.717, 1.165) is 37.8 Å². The number of hydrogen-bond donors (Lipinski definition) is 1. The topological polar surface area (TPSA) is 83.5 Å². The van der Waals surface area contributed by atoms with Gasteiger partial charge >= 0.3 is 12.2 Å². The second kappa shape index (κ2) is 10.4. The Morgan fingerprint density at radius 2 is 1.82 bits per heavy atom. The largest absolute Gasteiger partial charge is 0.464 e. The fourth-order valence-corrected chi connectivity index (χ4v) is 4.37. The van der Waals surface area contributed by atoms with E-state index in [-0.39, 0.29) is 29.5 Å². The standard InChI is InChI=1S/C23H29F3N6O2/c1-2-34-22-29-20(27-18-10-6-9-17(15-18)23(24,25)26)28-21(30-22)32-13-11-31(12-14-32)19(33)16-7-4-3-5-8-16/h6,9-10,15-16H,2-5,7-8,11-14H2,1H3,(H,27,28,29,30). The lowest BCUT2D eigenvalue weighted by Gasteiger charge is -2.37. The van der Waals surface area contributed by atoms with Crippen LogP contribution in [0.5, 0.6) is 6.01 Å². The maximum Gasteiger partial charge on any atom is 0.416 e. The molecule has 11 heteroatoms. The predicted octanol–water partition coefficient (Wildman–Crippen LogP) is 4.26. The van der Waals surface area contributed by atoms with Gasteiger partial charge in [0.05, 0.1) is 12.2 Å². The highest BCUT2D eigenvalue weighted by atomic mass is 19.4. The number of amides is 1. The number of hydrogen-bond acceptors (Lipinski definition) is 7. The van der Waals surface area contributed by atoms with Crippen LogP contribution in [-0.4, -0.2) is 58.5 Å². The number of carbonyl (C=O) groups is 1. The Bertz CT molecular complexity index is 989. The Labute approximate surface area is 196 Å². The third-order valence-electron chi connectivity index (χ3n) is 6.15. The van der Waals surface area contributed by atoms with E-state index in [1.807, 2.05) is 9.80 Å². The van der Waals surface area contributed by atoms with E-state index < -0.39 is 11.7 Å². The first kappa shape index (κ1) is 24.0. The van der Waals surface area contributed by atoms with E-state index >= 15 is 0 Å². The van der Waals surface area contributed by atoms with E-state index in [9.17, 15) is 18.0 Å². The van der Waals surface area contributed by atoms with Crippen molar-refractivity contribution in [1.29, 1.82) is 0 Å². The van der Waals surface area contributed by atoms with E-state index in [1.165, 1.54) is 18.6 Å². The summed E-state index contributed by atoms with van der Waals surface area (Å²) in [4.78, 5) is 29.7. The molecule has 0 bridgehead atoms. The maximum atomic E-state index is 13.1. The average molecular weight is 479 g/mol. The number of benzene rings is 1. The first-order chi connectivity index (χ1) is 16.3. The summed E-state index contributed by atoms with van der Waals surface area (Å²) in [6, 6.07) is 4.92. The summed E-state index contributed by atoms with van der Waals surface area (Å²) < 4.78 is 44.6. The molecule has 0 unspecified atom stereocenters. The molecule has 2 fully saturated rings. The molecule has 0 spiro atoms. The van der Waals surface area contributed by atoms with Gasteiger partial charge in [0.1, 0.15) is 0 Å². The molecule has 34 heavy (non-hydrogen) atoms. The van der Waals surface area contributed by atoms with Crippen molar-refractivity contribution in [3.63, 3.8) is 0 Å². The number of anilines is 3. The van der Waals surface area contributed by atoms with Gasteiger partial charge in [-0.3, -0.25) is 4.79 Å². The molecule has 2 heterocycles. The first-order valence-electron chi connectivity index (χ1n) is 11.7. The molecule has 1 saturated heterocycles. The lowest BCUT2D eigenvalue weighted by Crippen LogP contribution is -2.51. The summed E-state index contributed by atoms with van der Waals surface area (Å²) >= 11 is 0. The summed E-state index contributed by atoms with van der Waals surface area (Å²) in [5.41, 5.74) is -0.562. The molecule has 8 nitrogen and oxygen atoms in total. The molecule has 1 aromatic carbocycles. The summed E-state index contributed by atoms with van der Waals surface area (Å²) in [6.45, 7) is 4.37. The van der Waals surface area contributed by atoms with Crippen molar-refractivity contribution in [2.45, 2.75) is 45.2 Å². The SMILES string of the molecule is CCOc1nc(Nc2cccc(C(F)(F)F)c2)nc(N2CCN(C(=O)C3CCCCC3)CC2)n1. The highest BCUT2D eigenvalue weighted by Gasteiger charge is 2.31. The van der Waals surface area contributed by atoms with Crippen LogP contribution in [0.3, 0.4) is 0 Å². The predicted molar refractivity (Wildman–Crippen MR) is 121 cm³/mol. The van der Waals surface area contributed by atoms with Crippen molar-refractivity contribution in [2.24, 2.45) is 5.92 Å². The molecule has 1 N–H and O–H groups in total. The van der Waals surface area contributed by atoms with Crippen molar-refractivity contribution in [2.75, 3.05) is 43.0 Å². The molecule has 0 atom stereocenters. The maximum absolute atomic E-state index is 13.1. The third-order valence-corrected chi connectivity index (χ3v) is 6.15. The van der Waals surface area contributed by atoms with Gasteiger partial charge in [-0.25, -0.2) is 0 Å². The van der Waals surface area contributed by atoms with Gasteiger partial charge in [-0.1, -0.05) is 25.3 Å². The second-order valence-corrected chi connectivity index (χ2v) is 8.53. The molecule has 1 aliphatic carbocycles. The fourth-order valence-electron chi connectivity index (χ4n) is 4.37. The smallest absolute Gasteiger partial charge is 0.416 e. The Morgan fingerprint density at radius 3 is 2.50 bits per heavy atom. The molecular formula is C23H29F3N6O2. The quantitative estimate of drug-likeness (QED) is 0.664. The van der Waals surface area contributed by atoms with Gasteiger partial charge in [-0.2, -0.15) is 28.1 Å². The molecule has 1 aromatic heterocycles. The molecule has 184 valence electrons. The zero-order valence-corrected chi connectivity index (χ0v) is 19.1. The zero-order valence-electron chi connectivity index (χ0n) is 19.1. The van der Waals surface area contributed by atoms with Crippen molar-refractivity contribution < 1.29 is 22.7 Å². The Kier molecular flexibility index (Phi) is 7.38. The minimum Gasteiger partial charge on any atom is -0.464 e. The number of aromatic nitrogens is 3.